The first-order valence-electron chi connectivity index (χ1n) is 6.00. The molecule has 0 fully saturated rings. The van der Waals surface area contributed by atoms with E-state index in [9.17, 15) is 0 Å². The van der Waals surface area contributed by atoms with Crippen molar-refractivity contribution in [3.63, 3.8) is 0 Å². The number of benzene rings is 1. The lowest BCUT2D eigenvalue weighted by molar-refractivity contribution is 0.282. The van der Waals surface area contributed by atoms with Crippen LogP contribution >= 0.6 is 11.3 Å². The minimum Gasteiger partial charge on any atom is -0.392 e. The molecule has 0 amide bonds. The lowest BCUT2D eigenvalue weighted by Crippen LogP contribution is -2.08. The Morgan fingerprint density at radius 2 is 1.94 bits per heavy atom. The molecule has 18 heavy (non-hydrogen) atoms. The molecule has 1 heterocycles. The number of aryl methyl sites for hydroxylation is 2. The second kappa shape index (κ2) is 5.50. The van der Waals surface area contributed by atoms with E-state index in [2.05, 4.69) is 24.1 Å². The van der Waals surface area contributed by atoms with Gasteiger partial charge in [0.1, 0.15) is 0 Å². The molecule has 2 rings (SSSR count). The number of thiazole rings is 1. The minimum absolute atomic E-state index is 0.0836. The highest BCUT2D eigenvalue weighted by molar-refractivity contribution is 7.11. The Kier molecular flexibility index (Phi) is 3.99. The summed E-state index contributed by atoms with van der Waals surface area (Å²) in [6.07, 6.45) is 0. The van der Waals surface area contributed by atoms with Crippen LogP contribution < -0.4 is 5.32 Å². The fourth-order valence-corrected chi connectivity index (χ4v) is 2.89. The molecule has 0 aliphatic heterocycles. The largest absolute Gasteiger partial charge is 0.392 e. The van der Waals surface area contributed by atoms with Crippen molar-refractivity contribution in [2.24, 2.45) is 0 Å². The van der Waals surface area contributed by atoms with Crippen molar-refractivity contribution in [1.29, 1.82) is 0 Å². The van der Waals surface area contributed by atoms with Gasteiger partial charge in [-0.3, -0.25) is 0 Å². The van der Waals surface area contributed by atoms with Gasteiger partial charge < -0.3 is 10.4 Å². The maximum absolute atomic E-state index is 9.00. The standard InChI is InChI=1S/C14H18N2OS/c1-9(14-10(2)18-11(3)16-14)15-13-6-4-12(8-17)5-7-13/h4-7,9,15,17H,8H2,1-3H3. The molecule has 2 N–H and O–H groups in total. The van der Waals surface area contributed by atoms with Crippen LogP contribution in [0, 0.1) is 13.8 Å². The van der Waals surface area contributed by atoms with Crippen molar-refractivity contribution in [3.05, 3.63) is 45.4 Å². The van der Waals surface area contributed by atoms with Crippen LogP contribution in [-0.4, -0.2) is 10.1 Å². The van der Waals surface area contributed by atoms with Gasteiger partial charge in [0.2, 0.25) is 0 Å². The highest BCUT2D eigenvalue weighted by atomic mass is 32.1. The Morgan fingerprint density at radius 1 is 1.28 bits per heavy atom. The third-order valence-electron chi connectivity index (χ3n) is 2.87. The monoisotopic (exact) mass is 262 g/mol. The molecule has 0 bridgehead atoms. The van der Waals surface area contributed by atoms with Crippen molar-refractivity contribution < 1.29 is 5.11 Å². The summed E-state index contributed by atoms with van der Waals surface area (Å²) in [4.78, 5) is 5.82. The van der Waals surface area contributed by atoms with Crippen LogP contribution in [0.4, 0.5) is 5.69 Å². The zero-order chi connectivity index (χ0) is 13.1. The van der Waals surface area contributed by atoms with E-state index in [-0.39, 0.29) is 12.6 Å². The molecule has 1 aromatic carbocycles. The van der Waals surface area contributed by atoms with E-state index in [0.29, 0.717) is 0 Å². The fraction of sp³-hybridized carbons (Fsp3) is 0.357. The third kappa shape index (κ3) is 2.89. The number of nitrogens with zero attached hydrogens (tertiary/aromatic N) is 1. The summed E-state index contributed by atoms with van der Waals surface area (Å²) in [5, 5.41) is 13.5. The second-order valence-electron chi connectivity index (χ2n) is 4.40. The molecule has 0 saturated carbocycles. The van der Waals surface area contributed by atoms with Crippen LogP contribution in [0.1, 0.15) is 34.1 Å². The van der Waals surface area contributed by atoms with Gasteiger partial charge in [-0.05, 0) is 38.5 Å². The van der Waals surface area contributed by atoms with Gasteiger partial charge in [-0.15, -0.1) is 11.3 Å². The molecule has 3 nitrogen and oxygen atoms in total. The Morgan fingerprint density at radius 3 is 2.44 bits per heavy atom. The van der Waals surface area contributed by atoms with Crippen LogP contribution in [0.25, 0.3) is 0 Å². The van der Waals surface area contributed by atoms with Gasteiger partial charge in [0.05, 0.1) is 23.4 Å². The quantitative estimate of drug-likeness (QED) is 0.887. The summed E-state index contributed by atoms with van der Waals surface area (Å²) in [6.45, 7) is 6.33. The zero-order valence-electron chi connectivity index (χ0n) is 10.9. The van der Waals surface area contributed by atoms with E-state index >= 15 is 0 Å². The normalized spacial score (nSPS) is 12.4. The first kappa shape index (κ1) is 13.1. The number of nitrogens with one attached hydrogen (secondary N) is 1. The van der Waals surface area contributed by atoms with Crippen molar-refractivity contribution in [1.82, 2.24) is 4.98 Å². The number of aliphatic hydroxyl groups is 1. The summed E-state index contributed by atoms with van der Waals surface area (Å²) >= 11 is 1.73. The van der Waals surface area contributed by atoms with E-state index in [1.807, 2.05) is 31.2 Å². The third-order valence-corrected chi connectivity index (χ3v) is 3.77. The van der Waals surface area contributed by atoms with E-state index in [1.54, 1.807) is 11.3 Å². The van der Waals surface area contributed by atoms with Crippen molar-refractivity contribution in [2.75, 3.05) is 5.32 Å². The molecule has 1 unspecified atom stereocenters. The molecule has 2 aromatic rings. The smallest absolute Gasteiger partial charge is 0.0901 e. The predicted octanol–water partition coefficient (Wildman–Crippen LogP) is 3.43. The SMILES string of the molecule is Cc1nc(C(C)Nc2ccc(CO)cc2)c(C)s1. The number of hydrogen-bond donors (Lipinski definition) is 2. The molecule has 0 spiro atoms. The van der Waals surface area contributed by atoms with Gasteiger partial charge >= 0.3 is 0 Å². The lowest BCUT2D eigenvalue weighted by Gasteiger charge is -2.14. The summed E-state index contributed by atoms with van der Waals surface area (Å²) in [7, 11) is 0. The van der Waals surface area contributed by atoms with Crippen LogP contribution in [-0.2, 0) is 6.61 Å². The summed E-state index contributed by atoms with van der Waals surface area (Å²) in [5.41, 5.74) is 3.09. The molecule has 96 valence electrons. The summed E-state index contributed by atoms with van der Waals surface area (Å²) in [5.74, 6) is 0. The Hall–Kier alpha value is -1.39. The van der Waals surface area contributed by atoms with E-state index in [0.717, 1.165) is 22.0 Å². The molecule has 0 radical (unpaired) electrons. The number of aliphatic hydroxyl groups excluding tert-OH is 1. The van der Waals surface area contributed by atoms with Crippen LogP contribution in [0.2, 0.25) is 0 Å². The summed E-state index contributed by atoms with van der Waals surface area (Å²) in [6, 6.07) is 8.00. The van der Waals surface area contributed by atoms with Gasteiger partial charge in [0, 0.05) is 10.6 Å². The lowest BCUT2D eigenvalue weighted by atomic mass is 10.1. The van der Waals surface area contributed by atoms with Crippen molar-refractivity contribution in [2.45, 2.75) is 33.4 Å². The fourth-order valence-electron chi connectivity index (χ4n) is 1.97. The average molecular weight is 262 g/mol. The first-order valence-corrected chi connectivity index (χ1v) is 6.82. The maximum Gasteiger partial charge on any atom is 0.0901 e. The van der Waals surface area contributed by atoms with Gasteiger partial charge in [-0.25, -0.2) is 4.98 Å². The average Bonchev–Trinajstić information content (AvgIpc) is 2.69. The highest BCUT2D eigenvalue weighted by Gasteiger charge is 2.12. The molecule has 0 aliphatic carbocycles. The Bertz CT molecular complexity index is 519. The molecule has 1 aromatic heterocycles. The molecule has 0 aliphatic rings. The molecular formula is C14H18N2OS. The highest BCUT2D eigenvalue weighted by Crippen LogP contribution is 2.25. The number of hydrogen-bond acceptors (Lipinski definition) is 4. The molecule has 1 atom stereocenters. The minimum atomic E-state index is 0.0836. The van der Waals surface area contributed by atoms with Crippen LogP contribution in [0.15, 0.2) is 24.3 Å². The maximum atomic E-state index is 9.00. The van der Waals surface area contributed by atoms with E-state index < -0.39 is 0 Å². The Balaban J connectivity index is 2.10. The van der Waals surface area contributed by atoms with Gasteiger partial charge in [0.25, 0.3) is 0 Å². The van der Waals surface area contributed by atoms with E-state index in [4.69, 9.17) is 5.11 Å². The van der Waals surface area contributed by atoms with Crippen molar-refractivity contribution in [3.8, 4) is 0 Å². The zero-order valence-corrected chi connectivity index (χ0v) is 11.7. The van der Waals surface area contributed by atoms with Crippen LogP contribution in [0.5, 0.6) is 0 Å². The second-order valence-corrected chi connectivity index (χ2v) is 5.80. The molecular weight excluding hydrogens is 244 g/mol. The number of aromatic nitrogens is 1. The van der Waals surface area contributed by atoms with Gasteiger partial charge in [-0.2, -0.15) is 0 Å². The van der Waals surface area contributed by atoms with Crippen molar-refractivity contribution >= 4 is 17.0 Å². The van der Waals surface area contributed by atoms with Crippen LogP contribution in [0.3, 0.4) is 0 Å². The molecule has 4 heteroatoms. The molecule has 0 saturated heterocycles. The van der Waals surface area contributed by atoms with Gasteiger partial charge in [0.15, 0.2) is 0 Å². The number of rotatable bonds is 4. The number of anilines is 1. The summed E-state index contributed by atoms with van der Waals surface area (Å²) < 4.78 is 0. The Labute approximate surface area is 112 Å². The van der Waals surface area contributed by atoms with Gasteiger partial charge in [-0.1, -0.05) is 12.1 Å². The first-order chi connectivity index (χ1) is 8.60. The van der Waals surface area contributed by atoms with E-state index in [1.165, 1.54) is 4.88 Å². The topological polar surface area (TPSA) is 45.2 Å². The predicted molar refractivity (Wildman–Crippen MR) is 76.0 cm³/mol.